The number of amides is 1. The van der Waals surface area contributed by atoms with Crippen molar-refractivity contribution in [3.63, 3.8) is 0 Å². The Morgan fingerprint density at radius 1 is 1.24 bits per heavy atom. The number of nitrogens with one attached hydrogen (secondary N) is 1. The van der Waals surface area contributed by atoms with Crippen LogP contribution in [0.1, 0.15) is 24.2 Å². The van der Waals surface area contributed by atoms with Crippen LogP contribution < -0.4 is 9.62 Å². The van der Waals surface area contributed by atoms with Gasteiger partial charge in [-0.2, -0.15) is 0 Å². The van der Waals surface area contributed by atoms with E-state index < -0.39 is 21.7 Å². The maximum Gasteiger partial charge on any atom is 0.268 e. The highest BCUT2D eigenvalue weighted by atomic mass is 32.2. The van der Waals surface area contributed by atoms with Crippen LogP contribution in [0.25, 0.3) is 16.7 Å². The summed E-state index contributed by atoms with van der Waals surface area (Å²) in [6.45, 7) is 3.94. The van der Waals surface area contributed by atoms with Gasteiger partial charge in [0.2, 0.25) is 16.0 Å². The standard InChI is InChI=1S/C19H21FN4O4S/c1-11(2)23(3)19-21-15-9-14(18(26)22-29(4,27)28)17(25)10-16(15)24(19)13-7-5-12(20)6-8-13/h5-11,25H,1-4H3,(H,22,26). The molecule has 2 N–H and O–H groups in total. The number of hydrogen-bond acceptors (Lipinski definition) is 6. The molecule has 0 spiro atoms. The smallest absolute Gasteiger partial charge is 0.268 e. The Labute approximate surface area is 167 Å². The molecular formula is C19H21FN4O4S. The van der Waals surface area contributed by atoms with E-state index in [0.717, 1.165) is 6.26 Å². The predicted octanol–water partition coefficient (Wildman–Crippen LogP) is 2.40. The first kappa shape index (κ1) is 20.6. The van der Waals surface area contributed by atoms with E-state index in [-0.39, 0.29) is 17.4 Å². The third kappa shape index (κ3) is 4.16. The number of fused-ring (bicyclic) bond motifs is 1. The lowest BCUT2D eigenvalue weighted by molar-refractivity contribution is 0.0979. The van der Waals surface area contributed by atoms with Gasteiger partial charge in [-0.05, 0) is 44.2 Å². The molecule has 10 heteroatoms. The Morgan fingerprint density at radius 2 is 1.86 bits per heavy atom. The van der Waals surface area contributed by atoms with E-state index in [1.165, 1.54) is 24.3 Å². The Bertz CT molecular complexity index is 1190. The minimum atomic E-state index is -3.80. The number of phenols is 1. The number of benzene rings is 2. The van der Waals surface area contributed by atoms with Crippen LogP contribution in [0.5, 0.6) is 5.75 Å². The number of carbonyl (C=O) groups excluding carboxylic acids is 1. The van der Waals surface area contributed by atoms with Crippen molar-refractivity contribution in [2.45, 2.75) is 19.9 Å². The first-order valence-electron chi connectivity index (χ1n) is 8.74. The number of aromatic nitrogens is 2. The van der Waals surface area contributed by atoms with Crippen molar-refractivity contribution in [3.05, 3.63) is 47.8 Å². The Morgan fingerprint density at radius 3 is 2.41 bits per heavy atom. The topological polar surface area (TPSA) is 105 Å². The largest absolute Gasteiger partial charge is 0.507 e. The number of carbonyl (C=O) groups is 1. The number of imidazole rings is 1. The minimum Gasteiger partial charge on any atom is -0.507 e. The molecule has 0 radical (unpaired) electrons. The SMILES string of the molecule is CC(C)N(C)c1nc2cc(C(=O)NS(C)(=O)=O)c(O)cc2n1-c1ccc(F)cc1. The first-order valence-corrected chi connectivity index (χ1v) is 10.6. The van der Waals surface area contributed by atoms with Gasteiger partial charge in [-0.15, -0.1) is 0 Å². The molecule has 3 rings (SSSR count). The average Bonchev–Trinajstić information content (AvgIpc) is 2.97. The normalized spacial score (nSPS) is 11.8. The zero-order valence-electron chi connectivity index (χ0n) is 16.3. The van der Waals surface area contributed by atoms with Crippen LogP contribution in [0, 0.1) is 5.82 Å². The summed E-state index contributed by atoms with van der Waals surface area (Å²) in [6, 6.07) is 8.52. The molecule has 0 aliphatic rings. The molecule has 0 unspecified atom stereocenters. The van der Waals surface area contributed by atoms with E-state index in [9.17, 15) is 22.7 Å². The van der Waals surface area contributed by atoms with Gasteiger partial charge in [0.15, 0.2) is 0 Å². The highest BCUT2D eigenvalue weighted by Gasteiger charge is 2.22. The number of rotatable bonds is 5. The van der Waals surface area contributed by atoms with Gasteiger partial charge in [0.05, 0.1) is 22.9 Å². The number of anilines is 1. The van der Waals surface area contributed by atoms with Crippen molar-refractivity contribution < 1.29 is 22.7 Å². The summed E-state index contributed by atoms with van der Waals surface area (Å²) in [5.41, 5.74) is 1.25. The summed E-state index contributed by atoms with van der Waals surface area (Å²) >= 11 is 0. The summed E-state index contributed by atoms with van der Waals surface area (Å²) in [5.74, 6) is -1.23. The number of nitrogens with zero attached hydrogens (tertiary/aromatic N) is 3. The van der Waals surface area contributed by atoms with Gasteiger partial charge in [0.1, 0.15) is 11.6 Å². The Balaban J connectivity index is 2.25. The van der Waals surface area contributed by atoms with Gasteiger partial charge in [-0.25, -0.2) is 22.5 Å². The molecule has 0 aliphatic carbocycles. The Kier molecular flexibility index (Phi) is 5.22. The van der Waals surface area contributed by atoms with Crippen molar-refractivity contribution in [1.29, 1.82) is 0 Å². The minimum absolute atomic E-state index is 0.0765. The van der Waals surface area contributed by atoms with Crippen molar-refractivity contribution in [2.75, 3.05) is 18.2 Å². The van der Waals surface area contributed by atoms with Crippen LogP contribution >= 0.6 is 0 Å². The van der Waals surface area contributed by atoms with Crippen molar-refractivity contribution in [3.8, 4) is 11.4 Å². The third-order valence-corrected chi connectivity index (χ3v) is 5.01. The quantitative estimate of drug-likeness (QED) is 0.657. The predicted molar refractivity (Wildman–Crippen MR) is 109 cm³/mol. The van der Waals surface area contributed by atoms with Gasteiger partial charge >= 0.3 is 0 Å². The van der Waals surface area contributed by atoms with Crippen LogP contribution in [0.3, 0.4) is 0 Å². The maximum atomic E-state index is 13.4. The summed E-state index contributed by atoms with van der Waals surface area (Å²) in [7, 11) is -1.96. The van der Waals surface area contributed by atoms with Gasteiger partial charge in [-0.1, -0.05) is 0 Å². The van der Waals surface area contributed by atoms with Gasteiger partial charge in [0.25, 0.3) is 5.91 Å². The van der Waals surface area contributed by atoms with Crippen LogP contribution in [-0.2, 0) is 10.0 Å². The lowest BCUT2D eigenvalue weighted by atomic mass is 10.1. The van der Waals surface area contributed by atoms with Crippen molar-refractivity contribution in [2.24, 2.45) is 0 Å². The van der Waals surface area contributed by atoms with Crippen LogP contribution in [0.2, 0.25) is 0 Å². The highest BCUT2D eigenvalue weighted by Crippen LogP contribution is 2.32. The molecule has 3 aromatic rings. The monoisotopic (exact) mass is 420 g/mol. The molecule has 2 aromatic carbocycles. The molecular weight excluding hydrogens is 399 g/mol. The molecule has 1 heterocycles. The molecule has 29 heavy (non-hydrogen) atoms. The maximum absolute atomic E-state index is 13.4. The van der Waals surface area contributed by atoms with Crippen molar-refractivity contribution >= 4 is 32.9 Å². The number of hydrogen-bond donors (Lipinski definition) is 2. The Hall–Kier alpha value is -3.14. The van der Waals surface area contributed by atoms with Gasteiger partial charge in [-0.3, -0.25) is 9.36 Å². The fraction of sp³-hybridized carbons (Fsp3) is 0.263. The molecule has 0 aliphatic heterocycles. The van der Waals surface area contributed by atoms with Crippen molar-refractivity contribution in [1.82, 2.24) is 14.3 Å². The molecule has 0 saturated heterocycles. The van der Waals surface area contributed by atoms with E-state index in [4.69, 9.17) is 0 Å². The summed E-state index contributed by atoms with van der Waals surface area (Å²) < 4.78 is 39.7. The molecule has 1 aromatic heterocycles. The van der Waals surface area contributed by atoms with Crippen LogP contribution in [0.15, 0.2) is 36.4 Å². The fourth-order valence-corrected chi connectivity index (χ4v) is 3.26. The second-order valence-electron chi connectivity index (χ2n) is 6.99. The molecule has 0 saturated carbocycles. The number of phenolic OH excluding ortho intramolecular Hbond substituents is 1. The summed E-state index contributed by atoms with van der Waals surface area (Å²) in [6.07, 6.45) is 0.847. The summed E-state index contributed by atoms with van der Waals surface area (Å²) in [5, 5.41) is 10.4. The van der Waals surface area contributed by atoms with Crippen LogP contribution in [-0.4, -0.2) is 48.3 Å². The molecule has 0 fully saturated rings. The molecule has 0 bridgehead atoms. The molecule has 154 valence electrons. The number of sulfonamides is 1. The van der Waals surface area contributed by atoms with E-state index in [0.29, 0.717) is 22.7 Å². The zero-order valence-corrected chi connectivity index (χ0v) is 17.2. The van der Waals surface area contributed by atoms with E-state index >= 15 is 0 Å². The molecule has 1 amide bonds. The first-order chi connectivity index (χ1) is 13.5. The number of aromatic hydroxyl groups is 1. The van der Waals surface area contributed by atoms with E-state index in [1.807, 2.05) is 30.5 Å². The lowest BCUT2D eigenvalue weighted by Gasteiger charge is -2.23. The molecule has 0 atom stereocenters. The average molecular weight is 420 g/mol. The summed E-state index contributed by atoms with van der Waals surface area (Å²) in [4.78, 5) is 18.7. The third-order valence-electron chi connectivity index (χ3n) is 4.45. The zero-order chi connectivity index (χ0) is 21.5. The number of halogens is 1. The second kappa shape index (κ2) is 7.36. The highest BCUT2D eigenvalue weighted by molar-refractivity contribution is 7.89. The second-order valence-corrected chi connectivity index (χ2v) is 8.74. The van der Waals surface area contributed by atoms with Gasteiger partial charge in [0, 0.05) is 24.8 Å². The van der Waals surface area contributed by atoms with E-state index in [1.54, 1.807) is 16.7 Å². The van der Waals surface area contributed by atoms with Gasteiger partial charge < -0.3 is 10.0 Å². The lowest BCUT2D eigenvalue weighted by Crippen LogP contribution is -2.29. The molecule has 8 nitrogen and oxygen atoms in total. The van der Waals surface area contributed by atoms with E-state index in [2.05, 4.69) is 4.98 Å². The fourth-order valence-electron chi connectivity index (χ4n) is 2.82. The van der Waals surface area contributed by atoms with Crippen LogP contribution in [0.4, 0.5) is 10.3 Å².